The van der Waals surface area contributed by atoms with Gasteiger partial charge in [0.05, 0.1) is 21.4 Å². The number of benzene rings is 2. The van der Waals surface area contributed by atoms with Gasteiger partial charge in [0.15, 0.2) is 0 Å². The largest absolute Gasteiger partial charge is 0.319 e. The van der Waals surface area contributed by atoms with E-state index in [9.17, 15) is 14.4 Å². The van der Waals surface area contributed by atoms with E-state index in [1.165, 1.54) is 25.1 Å². The van der Waals surface area contributed by atoms with E-state index in [1.54, 1.807) is 30.3 Å². The Hall–Kier alpha value is -2.70. The zero-order chi connectivity index (χ0) is 18.8. The van der Waals surface area contributed by atoms with E-state index >= 15 is 0 Å². The fraction of sp³-hybridized carbons (Fsp3) is 0.111. The molecule has 1 N–H and O–H groups in total. The van der Waals surface area contributed by atoms with Gasteiger partial charge in [-0.3, -0.25) is 14.4 Å². The number of nitrogens with one attached hydrogen (secondary N) is 1. The Morgan fingerprint density at radius 3 is 2.42 bits per heavy atom. The lowest BCUT2D eigenvalue weighted by Gasteiger charge is -2.13. The third-order valence-corrected chi connectivity index (χ3v) is 4.53. The SMILES string of the molecule is CC1=NN(c2ccccc2)C(=O)[C@@H]1C(=O)C(=O)Nc1ccc(Cl)c(Cl)c1. The maximum absolute atomic E-state index is 12.6. The fourth-order valence-corrected chi connectivity index (χ4v) is 2.82. The topological polar surface area (TPSA) is 78.8 Å². The predicted octanol–water partition coefficient (Wildman–Crippen LogP) is 3.54. The van der Waals surface area contributed by atoms with E-state index in [-0.39, 0.29) is 10.7 Å². The Balaban J connectivity index is 1.77. The van der Waals surface area contributed by atoms with Crippen LogP contribution in [0, 0.1) is 5.92 Å². The quantitative estimate of drug-likeness (QED) is 0.641. The van der Waals surface area contributed by atoms with Crippen LogP contribution < -0.4 is 10.3 Å². The number of rotatable bonds is 4. The molecular weight excluding hydrogens is 377 g/mol. The summed E-state index contributed by atoms with van der Waals surface area (Å²) in [7, 11) is 0. The van der Waals surface area contributed by atoms with Crippen LogP contribution >= 0.6 is 23.2 Å². The zero-order valence-electron chi connectivity index (χ0n) is 13.6. The first-order valence-corrected chi connectivity index (χ1v) is 8.38. The number of hydrogen-bond acceptors (Lipinski definition) is 4. The van der Waals surface area contributed by atoms with Gasteiger partial charge < -0.3 is 5.32 Å². The third-order valence-electron chi connectivity index (χ3n) is 3.80. The van der Waals surface area contributed by atoms with Crippen LogP contribution in [0.5, 0.6) is 0 Å². The molecule has 0 unspecified atom stereocenters. The summed E-state index contributed by atoms with van der Waals surface area (Å²) in [4.78, 5) is 37.4. The lowest BCUT2D eigenvalue weighted by molar-refractivity contribution is -0.138. The Labute approximate surface area is 159 Å². The van der Waals surface area contributed by atoms with Crippen molar-refractivity contribution in [2.75, 3.05) is 10.3 Å². The first-order chi connectivity index (χ1) is 12.4. The number of hydrogen-bond donors (Lipinski definition) is 1. The van der Waals surface area contributed by atoms with E-state index in [0.29, 0.717) is 16.4 Å². The summed E-state index contributed by atoms with van der Waals surface area (Å²) in [6.07, 6.45) is 0. The molecule has 1 aliphatic heterocycles. The lowest BCUT2D eigenvalue weighted by Crippen LogP contribution is -2.39. The molecule has 3 rings (SSSR count). The van der Waals surface area contributed by atoms with Crippen molar-refractivity contribution in [2.24, 2.45) is 11.0 Å². The summed E-state index contributed by atoms with van der Waals surface area (Å²) < 4.78 is 0. The number of amides is 2. The van der Waals surface area contributed by atoms with Crippen LogP contribution in [0.15, 0.2) is 53.6 Å². The summed E-state index contributed by atoms with van der Waals surface area (Å²) in [5.74, 6) is -3.63. The van der Waals surface area contributed by atoms with Crippen molar-refractivity contribution in [3.05, 3.63) is 58.6 Å². The minimum absolute atomic E-state index is 0.238. The monoisotopic (exact) mass is 389 g/mol. The minimum Gasteiger partial charge on any atom is -0.319 e. The van der Waals surface area contributed by atoms with Crippen molar-refractivity contribution in [3.63, 3.8) is 0 Å². The molecule has 26 heavy (non-hydrogen) atoms. The summed E-state index contributed by atoms with van der Waals surface area (Å²) in [6.45, 7) is 1.54. The maximum atomic E-state index is 12.6. The molecule has 0 spiro atoms. The highest BCUT2D eigenvalue weighted by Gasteiger charge is 2.42. The number of para-hydroxylation sites is 1. The standard InChI is InChI=1S/C18H13Cl2N3O3/c1-10-15(18(26)23(22-10)12-5-3-2-4-6-12)16(24)17(25)21-11-7-8-13(19)14(20)9-11/h2-9,15H,1H3,(H,21,25)/t15-/m0/s1. The van der Waals surface area contributed by atoms with E-state index in [0.717, 1.165) is 5.01 Å². The van der Waals surface area contributed by atoms with Gasteiger partial charge in [0.1, 0.15) is 5.92 Å². The van der Waals surface area contributed by atoms with E-state index in [1.807, 2.05) is 0 Å². The highest BCUT2D eigenvalue weighted by atomic mass is 35.5. The van der Waals surface area contributed by atoms with Gasteiger partial charge in [-0.05, 0) is 37.3 Å². The highest BCUT2D eigenvalue weighted by Crippen LogP contribution is 2.26. The number of carbonyl (C=O) groups is 3. The molecule has 0 bridgehead atoms. The van der Waals surface area contributed by atoms with Crippen molar-refractivity contribution < 1.29 is 14.4 Å². The first kappa shape index (κ1) is 18.1. The normalized spacial score (nSPS) is 16.4. The molecule has 1 atom stereocenters. The van der Waals surface area contributed by atoms with Gasteiger partial charge in [0, 0.05) is 5.69 Å². The number of halogens is 2. The molecule has 0 fully saturated rings. The molecule has 0 aromatic heterocycles. The molecule has 1 heterocycles. The predicted molar refractivity (Wildman–Crippen MR) is 101 cm³/mol. The summed E-state index contributed by atoms with van der Waals surface area (Å²) >= 11 is 11.7. The molecule has 6 nitrogen and oxygen atoms in total. The first-order valence-electron chi connectivity index (χ1n) is 7.63. The summed E-state index contributed by atoms with van der Waals surface area (Å²) in [6, 6.07) is 13.1. The molecule has 0 aliphatic carbocycles. The molecule has 0 radical (unpaired) electrons. The van der Waals surface area contributed by atoms with E-state index in [2.05, 4.69) is 10.4 Å². The number of anilines is 2. The van der Waals surface area contributed by atoms with Crippen molar-refractivity contribution in [1.29, 1.82) is 0 Å². The molecule has 0 saturated heterocycles. The third kappa shape index (κ3) is 3.47. The molecule has 2 amide bonds. The number of nitrogens with zero attached hydrogens (tertiary/aromatic N) is 2. The molecule has 2 aromatic carbocycles. The van der Waals surface area contributed by atoms with Crippen LogP contribution in [0.4, 0.5) is 11.4 Å². The van der Waals surface area contributed by atoms with Crippen molar-refractivity contribution >= 4 is 57.9 Å². The Kier molecular flexibility index (Phi) is 5.06. The molecular formula is C18H13Cl2N3O3. The zero-order valence-corrected chi connectivity index (χ0v) is 15.1. The Morgan fingerprint density at radius 1 is 1.08 bits per heavy atom. The smallest absolute Gasteiger partial charge is 0.293 e. The van der Waals surface area contributed by atoms with Crippen LogP contribution in [0.3, 0.4) is 0 Å². The van der Waals surface area contributed by atoms with Crippen molar-refractivity contribution in [2.45, 2.75) is 6.92 Å². The van der Waals surface area contributed by atoms with Gasteiger partial charge in [-0.2, -0.15) is 10.1 Å². The molecule has 0 saturated carbocycles. The van der Waals surface area contributed by atoms with Crippen LogP contribution in [0.25, 0.3) is 0 Å². The molecule has 1 aliphatic rings. The maximum Gasteiger partial charge on any atom is 0.293 e. The lowest BCUT2D eigenvalue weighted by atomic mass is 9.98. The second-order valence-corrected chi connectivity index (χ2v) is 6.42. The number of carbonyl (C=O) groups excluding carboxylic acids is 3. The average molecular weight is 390 g/mol. The van der Waals surface area contributed by atoms with Crippen LogP contribution in [-0.2, 0) is 14.4 Å². The van der Waals surface area contributed by atoms with Gasteiger partial charge in [-0.25, -0.2) is 0 Å². The van der Waals surface area contributed by atoms with Gasteiger partial charge in [-0.15, -0.1) is 0 Å². The fourth-order valence-electron chi connectivity index (χ4n) is 2.52. The molecule has 8 heteroatoms. The van der Waals surface area contributed by atoms with Crippen LogP contribution in [-0.4, -0.2) is 23.3 Å². The molecule has 2 aromatic rings. The van der Waals surface area contributed by atoms with Crippen LogP contribution in [0.1, 0.15) is 6.92 Å². The highest BCUT2D eigenvalue weighted by molar-refractivity contribution is 6.50. The van der Waals surface area contributed by atoms with Crippen molar-refractivity contribution in [1.82, 2.24) is 0 Å². The van der Waals surface area contributed by atoms with Gasteiger partial charge in [-0.1, -0.05) is 41.4 Å². The Morgan fingerprint density at radius 2 is 1.77 bits per heavy atom. The summed E-state index contributed by atoms with van der Waals surface area (Å²) in [5, 5.41) is 8.23. The average Bonchev–Trinajstić information content (AvgIpc) is 2.92. The van der Waals surface area contributed by atoms with Gasteiger partial charge in [0.25, 0.3) is 11.8 Å². The summed E-state index contributed by atoms with van der Waals surface area (Å²) in [5.41, 5.74) is 1.09. The minimum atomic E-state index is -1.25. The number of ketones is 1. The van der Waals surface area contributed by atoms with Gasteiger partial charge in [0.2, 0.25) is 5.78 Å². The molecule has 132 valence electrons. The number of Topliss-reactive ketones (excluding diaryl/α,β-unsaturated/α-hetero) is 1. The van der Waals surface area contributed by atoms with Crippen molar-refractivity contribution in [3.8, 4) is 0 Å². The van der Waals surface area contributed by atoms with Crippen LogP contribution in [0.2, 0.25) is 10.0 Å². The van der Waals surface area contributed by atoms with E-state index < -0.39 is 23.5 Å². The second-order valence-electron chi connectivity index (χ2n) is 5.61. The second kappa shape index (κ2) is 7.27. The van der Waals surface area contributed by atoms with E-state index in [4.69, 9.17) is 23.2 Å². The Bertz CT molecular complexity index is 929. The van der Waals surface area contributed by atoms with Gasteiger partial charge >= 0.3 is 0 Å². The number of hydrazone groups is 1.